The van der Waals surface area contributed by atoms with Crippen LogP contribution in [0.15, 0.2) is 0 Å². The van der Waals surface area contributed by atoms with Crippen molar-refractivity contribution in [1.29, 1.82) is 0 Å². The maximum atomic E-state index is 11.9. The van der Waals surface area contributed by atoms with Crippen molar-refractivity contribution in [2.75, 3.05) is 13.2 Å². The van der Waals surface area contributed by atoms with Gasteiger partial charge in [0, 0.05) is 0 Å². The summed E-state index contributed by atoms with van der Waals surface area (Å²) in [6, 6.07) is 0.173. The van der Waals surface area contributed by atoms with Crippen LogP contribution in [0.25, 0.3) is 0 Å². The van der Waals surface area contributed by atoms with E-state index in [1.807, 2.05) is 34.6 Å². The van der Waals surface area contributed by atoms with Crippen molar-refractivity contribution < 1.29 is 14.3 Å². The maximum Gasteiger partial charge on any atom is 0.410 e. The molecule has 4 nitrogen and oxygen atoms in total. The van der Waals surface area contributed by atoms with Gasteiger partial charge >= 0.3 is 6.09 Å². The Kier molecular flexibility index (Phi) is 3.60. The molecule has 0 aliphatic carbocycles. The van der Waals surface area contributed by atoms with Crippen LogP contribution in [0.2, 0.25) is 0 Å². The van der Waals surface area contributed by atoms with Crippen LogP contribution in [-0.2, 0) is 9.47 Å². The molecule has 1 fully saturated rings. The minimum Gasteiger partial charge on any atom is -0.444 e. The fourth-order valence-electron chi connectivity index (χ4n) is 1.68. The second kappa shape index (κ2) is 4.39. The summed E-state index contributed by atoms with van der Waals surface area (Å²) in [6.45, 7) is 10.7. The third-order valence-electron chi connectivity index (χ3n) is 2.27. The molecule has 0 radical (unpaired) electrons. The van der Waals surface area contributed by atoms with Crippen molar-refractivity contribution in [3.05, 3.63) is 0 Å². The van der Waals surface area contributed by atoms with Crippen LogP contribution in [0.3, 0.4) is 0 Å². The lowest BCUT2D eigenvalue weighted by molar-refractivity contribution is -0.0515. The van der Waals surface area contributed by atoms with Crippen LogP contribution in [0.1, 0.15) is 34.6 Å². The molecule has 1 aliphatic rings. The largest absolute Gasteiger partial charge is 0.444 e. The van der Waals surface area contributed by atoms with E-state index >= 15 is 0 Å². The first-order valence-electron chi connectivity index (χ1n) is 5.40. The number of morpholine rings is 1. The first-order valence-corrected chi connectivity index (χ1v) is 5.40. The van der Waals surface area contributed by atoms with E-state index < -0.39 is 5.60 Å². The molecule has 1 saturated heterocycles. The van der Waals surface area contributed by atoms with E-state index in [2.05, 4.69) is 0 Å². The highest BCUT2D eigenvalue weighted by Crippen LogP contribution is 2.17. The Hall–Kier alpha value is -0.770. The zero-order valence-corrected chi connectivity index (χ0v) is 10.2. The lowest BCUT2D eigenvalue weighted by atomic mass is 10.2. The summed E-state index contributed by atoms with van der Waals surface area (Å²) in [5, 5.41) is 0. The molecule has 4 heteroatoms. The number of amides is 1. The van der Waals surface area contributed by atoms with Gasteiger partial charge in [-0.2, -0.15) is 0 Å². The van der Waals surface area contributed by atoms with Crippen LogP contribution in [0.4, 0.5) is 4.79 Å². The molecule has 15 heavy (non-hydrogen) atoms. The summed E-state index contributed by atoms with van der Waals surface area (Å²) in [6.07, 6.45) is -0.245. The highest BCUT2D eigenvalue weighted by atomic mass is 16.6. The molecule has 1 unspecified atom stereocenters. The Labute approximate surface area is 91.5 Å². The molecule has 0 aromatic rings. The van der Waals surface area contributed by atoms with Gasteiger partial charge in [0.25, 0.3) is 0 Å². The standard InChI is InChI=1S/C11H21NO3/c1-8-6-14-7-9(2)12(8)10(13)15-11(3,4)5/h8-9H,6-7H2,1-5H3/t8-,9?/m0/s1. The first kappa shape index (κ1) is 12.3. The number of nitrogens with zero attached hydrogens (tertiary/aromatic N) is 1. The quantitative estimate of drug-likeness (QED) is 0.620. The van der Waals surface area contributed by atoms with Gasteiger partial charge in [-0.05, 0) is 34.6 Å². The Morgan fingerprint density at radius 3 is 2.13 bits per heavy atom. The molecule has 0 bridgehead atoms. The Bertz CT molecular complexity index is 224. The van der Waals surface area contributed by atoms with Gasteiger partial charge in [0.1, 0.15) is 5.60 Å². The molecule has 0 N–H and O–H groups in total. The predicted octanol–water partition coefficient (Wildman–Crippen LogP) is 2.03. The molecule has 1 amide bonds. The molecule has 0 aromatic carbocycles. The van der Waals surface area contributed by atoms with E-state index in [-0.39, 0.29) is 18.2 Å². The second-order valence-electron chi connectivity index (χ2n) is 5.12. The Morgan fingerprint density at radius 1 is 1.27 bits per heavy atom. The first-order chi connectivity index (χ1) is 6.81. The van der Waals surface area contributed by atoms with Crippen LogP contribution in [-0.4, -0.2) is 41.9 Å². The van der Waals surface area contributed by atoms with Gasteiger partial charge in [-0.1, -0.05) is 0 Å². The van der Waals surface area contributed by atoms with E-state index in [0.29, 0.717) is 13.2 Å². The molecule has 0 saturated carbocycles. The maximum absolute atomic E-state index is 11.9. The van der Waals surface area contributed by atoms with E-state index in [0.717, 1.165) is 0 Å². The van der Waals surface area contributed by atoms with E-state index in [1.165, 1.54) is 0 Å². The molecule has 0 aromatic heterocycles. The zero-order valence-electron chi connectivity index (χ0n) is 10.2. The van der Waals surface area contributed by atoms with Crippen LogP contribution in [0, 0.1) is 0 Å². The normalized spacial score (nSPS) is 27.7. The van der Waals surface area contributed by atoms with Crippen molar-refractivity contribution >= 4 is 6.09 Å². The minimum atomic E-state index is -0.436. The third kappa shape index (κ3) is 3.38. The lowest BCUT2D eigenvalue weighted by Gasteiger charge is -2.39. The predicted molar refractivity (Wildman–Crippen MR) is 57.8 cm³/mol. The molecule has 2 atom stereocenters. The zero-order chi connectivity index (χ0) is 11.6. The van der Waals surface area contributed by atoms with Gasteiger partial charge in [0.2, 0.25) is 0 Å². The highest BCUT2D eigenvalue weighted by Gasteiger charge is 2.32. The number of carbonyl (C=O) groups is 1. The van der Waals surface area contributed by atoms with Gasteiger partial charge in [-0.25, -0.2) is 4.79 Å². The van der Waals surface area contributed by atoms with Gasteiger partial charge in [-0.15, -0.1) is 0 Å². The molecule has 0 spiro atoms. The summed E-state index contributed by atoms with van der Waals surface area (Å²) in [5.41, 5.74) is -0.436. The van der Waals surface area contributed by atoms with Crippen LogP contribution >= 0.6 is 0 Å². The molecular weight excluding hydrogens is 194 g/mol. The van der Waals surface area contributed by atoms with E-state index in [4.69, 9.17) is 9.47 Å². The molecule has 1 rings (SSSR count). The number of hydrogen-bond donors (Lipinski definition) is 0. The highest BCUT2D eigenvalue weighted by molar-refractivity contribution is 5.69. The van der Waals surface area contributed by atoms with Gasteiger partial charge < -0.3 is 9.47 Å². The van der Waals surface area contributed by atoms with Gasteiger partial charge in [0.15, 0.2) is 0 Å². The van der Waals surface area contributed by atoms with Crippen molar-refractivity contribution in [1.82, 2.24) is 4.90 Å². The fraction of sp³-hybridized carbons (Fsp3) is 0.909. The van der Waals surface area contributed by atoms with Crippen molar-refractivity contribution in [2.24, 2.45) is 0 Å². The summed E-state index contributed by atoms with van der Waals surface area (Å²) < 4.78 is 10.7. The Balaban J connectivity index is 2.64. The molecular formula is C11H21NO3. The van der Waals surface area contributed by atoms with Crippen LogP contribution < -0.4 is 0 Å². The SMILES string of the molecule is CC1COC[C@H](C)N1C(=O)OC(C)(C)C. The topological polar surface area (TPSA) is 38.8 Å². The average molecular weight is 215 g/mol. The monoisotopic (exact) mass is 215 g/mol. The van der Waals surface area contributed by atoms with E-state index in [1.54, 1.807) is 4.90 Å². The summed E-state index contributed by atoms with van der Waals surface area (Å²) in [4.78, 5) is 13.6. The third-order valence-corrected chi connectivity index (χ3v) is 2.27. The summed E-state index contributed by atoms with van der Waals surface area (Å²) in [7, 11) is 0. The number of rotatable bonds is 0. The number of ether oxygens (including phenoxy) is 2. The number of hydrogen-bond acceptors (Lipinski definition) is 3. The molecule has 1 aliphatic heterocycles. The van der Waals surface area contributed by atoms with Crippen molar-refractivity contribution in [3.63, 3.8) is 0 Å². The summed E-state index contributed by atoms with van der Waals surface area (Å²) >= 11 is 0. The van der Waals surface area contributed by atoms with Crippen LogP contribution in [0.5, 0.6) is 0 Å². The molecule has 1 heterocycles. The second-order valence-corrected chi connectivity index (χ2v) is 5.12. The smallest absolute Gasteiger partial charge is 0.410 e. The lowest BCUT2D eigenvalue weighted by Crippen LogP contribution is -2.53. The van der Waals surface area contributed by atoms with Gasteiger partial charge in [0.05, 0.1) is 25.3 Å². The van der Waals surface area contributed by atoms with Gasteiger partial charge in [-0.3, -0.25) is 4.90 Å². The minimum absolute atomic E-state index is 0.0867. The number of carbonyl (C=O) groups excluding carboxylic acids is 1. The van der Waals surface area contributed by atoms with E-state index in [9.17, 15) is 4.79 Å². The fourth-order valence-corrected chi connectivity index (χ4v) is 1.68. The molecule has 88 valence electrons. The summed E-state index contributed by atoms with van der Waals surface area (Å²) in [5.74, 6) is 0. The average Bonchev–Trinajstić information content (AvgIpc) is 1.99. The Morgan fingerprint density at radius 2 is 1.73 bits per heavy atom. The van der Waals surface area contributed by atoms with Crippen molar-refractivity contribution in [2.45, 2.75) is 52.3 Å². The van der Waals surface area contributed by atoms with Crippen molar-refractivity contribution in [3.8, 4) is 0 Å².